The highest BCUT2D eigenvalue weighted by Gasteiger charge is 2.19. The Hall–Kier alpha value is -0.870. The van der Waals surface area contributed by atoms with Gasteiger partial charge >= 0.3 is 0 Å². The Kier molecular flexibility index (Phi) is 4.18. The maximum Gasteiger partial charge on any atom is 0.0764 e. The Bertz CT molecular complexity index is 340. The van der Waals surface area contributed by atoms with E-state index in [9.17, 15) is 0 Å². The van der Waals surface area contributed by atoms with E-state index in [0.29, 0.717) is 18.6 Å². The fourth-order valence-corrected chi connectivity index (χ4v) is 2.31. The smallest absolute Gasteiger partial charge is 0.0764 e. The Morgan fingerprint density at radius 3 is 2.65 bits per heavy atom. The molecule has 0 saturated carbocycles. The minimum Gasteiger partial charge on any atom is -0.396 e. The van der Waals surface area contributed by atoms with Crippen molar-refractivity contribution in [1.82, 2.24) is 14.7 Å². The SMILES string of the molecule is CC(C)n1ccc(CN2CCC(CO)CC2)n1. The van der Waals surface area contributed by atoms with Crippen molar-refractivity contribution in [3.8, 4) is 0 Å². The molecular formula is C13H23N3O. The maximum atomic E-state index is 9.10. The average Bonchev–Trinajstić information content (AvgIpc) is 2.79. The van der Waals surface area contributed by atoms with E-state index in [0.717, 1.165) is 38.2 Å². The molecule has 1 aliphatic rings. The Labute approximate surface area is 103 Å². The van der Waals surface area contributed by atoms with Crippen molar-refractivity contribution >= 4 is 0 Å². The van der Waals surface area contributed by atoms with E-state index in [1.807, 2.05) is 4.68 Å². The lowest BCUT2D eigenvalue weighted by Gasteiger charge is -2.30. The second-order valence-corrected chi connectivity index (χ2v) is 5.28. The summed E-state index contributed by atoms with van der Waals surface area (Å²) in [6, 6.07) is 2.54. The predicted octanol–water partition coefficient (Wildman–Crippen LogP) is 1.67. The molecule has 1 aromatic heterocycles. The molecule has 1 aromatic rings. The topological polar surface area (TPSA) is 41.3 Å². The molecule has 4 nitrogen and oxygen atoms in total. The van der Waals surface area contributed by atoms with Gasteiger partial charge in [-0.3, -0.25) is 9.58 Å². The summed E-state index contributed by atoms with van der Waals surface area (Å²) in [5, 5.41) is 13.7. The van der Waals surface area contributed by atoms with Crippen LogP contribution in [-0.4, -0.2) is 39.5 Å². The molecule has 0 aromatic carbocycles. The molecule has 2 heterocycles. The summed E-state index contributed by atoms with van der Waals surface area (Å²) in [6.45, 7) is 7.74. The maximum absolute atomic E-state index is 9.10. The van der Waals surface area contributed by atoms with Crippen molar-refractivity contribution in [2.75, 3.05) is 19.7 Å². The monoisotopic (exact) mass is 237 g/mol. The summed E-state index contributed by atoms with van der Waals surface area (Å²) in [5.74, 6) is 0.513. The first-order valence-electron chi connectivity index (χ1n) is 6.56. The van der Waals surface area contributed by atoms with Gasteiger partial charge in [0.05, 0.1) is 5.69 Å². The van der Waals surface area contributed by atoms with Crippen LogP contribution in [0.15, 0.2) is 12.3 Å². The average molecular weight is 237 g/mol. The second-order valence-electron chi connectivity index (χ2n) is 5.28. The van der Waals surface area contributed by atoms with Crippen molar-refractivity contribution in [3.05, 3.63) is 18.0 Å². The van der Waals surface area contributed by atoms with Crippen molar-refractivity contribution in [1.29, 1.82) is 0 Å². The zero-order chi connectivity index (χ0) is 12.3. The lowest BCUT2D eigenvalue weighted by Crippen LogP contribution is -2.34. The third kappa shape index (κ3) is 3.30. The number of hydrogen-bond acceptors (Lipinski definition) is 3. The molecule has 1 saturated heterocycles. The van der Waals surface area contributed by atoms with Crippen molar-refractivity contribution in [2.24, 2.45) is 5.92 Å². The minimum absolute atomic E-state index is 0.343. The van der Waals surface area contributed by atoms with Crippen LogP contribution in [0.5, 0.6) is 0 Å². The van der Waals surface area contributed by atoms with Gasteiger partial charge in [0.15, 0.2) is 0 Å². The fourth-order valence-electron chi connectivity index (χ4n) is 2.31. The number of rotatable bonds is 4. The van der Waals surface area contributed by atoms with E-state index in [1.165, 1.54) is 0 Å². The molecular weight excluding hydrogens is 214 g/mol. The van der Waals surface area contributed by atoms with Crippen LogP contribution in [0.3, 0.4) is 0 Å². The molecule has 96 valence electrons. The van der Waals surface area contributed by atoms with Crippen molar-refractivity contribution in [2.45, 2.75) is 39.3 Å². The van der Waals surface area contributed by atoms with Gasteiger partial charge in [0, 0.05) is 25.4 Å². The number of aliphatic hydroxyl groups is 1. The molecule has 0 atom stereocenters. The first kappa shape index (κ1) is 12.6. The molecule has 0 radical (unpaired) electrons. The van der Waals surface area contributed by atoms with E-state index in [1.54, 1.807) is 0 Å². The second kappa shape index (κ2) is 5.65. The van der Waals surface area contributed by atoms with Crippen molar-refractivity contribution < 1.29 is 5.11 Å². The van der Waals surface area contributed by atoms with Crippen LogP contribution >= 0.6 is 0 Å². The summed E-state index contributed by atoms with van der Waals surface area (Å²) < 4.78 is 2.01. The molecule has 0 aliphatic carbocycles. The van der Waals surface area contributed by atoms with Gasteiger partial charge in [0.2, 0.25) is 0 Å². The Morgan fingerprint density at radius 2 is 2.12 bits per heavy atom. The number of aliphatic hydroxyl groups excluding tert-OH is 1. The highest BCUT2D eigenvalue weighted by atomic mass is 16.3. The molecule has 1 aliphatic heterocycles. The summed E-state index contributed by atoms with van der Waals surface area (Å²) in [4.78, 5) is 2.43. The lowest BCUT2D eigenvalue weighted by atomic mass is 9.98. The van der Waals surface area contributed by atoms with Crippen LogP contribution in [0.1, 0.15) is 38.4 Å². The van der Waals surface area contributed by atoms with E-state index in [4.69, 9.17) is 5.11 Å². The summed E-state index contributed by atoms with van der Waals surface area (Å²) in [6.07, 6.45) is 4.28. The quantitative estimate of drug-likeness (QED) is 0.866. The van der Waals surface area contributed by atoms with E-state index < -0.39 is 0 Å². The van der Waals surface area contributed by atoms with Crippen molar-refractivity contribution in [3.63, 3.8) is 0 Å². The fraction of sp³-hybridized carbons (Fsp3) is 0.769. The summed E-state index contributed by atoms with van der Waals surface area (Å²) >= 11 is 0. The first-order chi connectivity index (χ1) is 8.19. The number of likely N-dealkylation sites (tertiary alicyclic amines) is 1. The van der Waals surface area contributed by atoms with Crippen LogP contribution in [0.25, 0.3) is 0 Å². The van der Waals surface area contributed by atoms with Gasteiger partial charge in [-0.15, -0.1) is 0 Å². The molecule has 1 N–H and O–H groups in total. The number of piperidine rings is 1. The third-order valence-electron chi connectivity index (χ3n) is 3.54. The molecule has 2 rings (SSSR count). The van der Waals surface area contributed by atoms with Crippen LogP contribution < -0.4 is 0 Å². The molecule has 4 heteroatoms. The molecule has 0 unspecified atom stereocenters. The predicted molar refractivity (Wildman–Crippen MR) is 67.7 cm³/mol. The van der Waals surface area contributed by atoms with Crippen LogP contribution in [0, 0.1) is 5.92 Å². The molecule has 0 spiro atoms. The zero-order valence-electron chi connectivity index (χ0n) is 10.8. The largest absolute Gasteiger partial charge is 0.396 e. The molecule has 17 heavy (non-hydrogen) atoms. The van der Waals surface area contributed by atoms with Gasteiger partial charge in [-0.25, -0.2) is 0 Å². The minimum atomic E-state index is 0.343. The normalized spacial score (nSPS) is 19.1. The van der Waals surface area contributed by atoms with Gasteiger partial charge in [-0.05, 0) is 51.8 Å². The van der Waals surface area contributed by atoms with Crippen LogP contribution in [0.4, 0.5) is 0 Å². The Balaban J connectivity index is 1.84. The van der Waals surface area contributed by atoms with Gasteiger partial charge in [-0.1, -0.05) is 0 Å². The zero-order valence-corrected chi connectivity index (χ0v) is 10.8. The Morgan fingerprint density at radius 1 is 1.41 bits per heavy atom. The van der Waals surface area contributed by atoms with E-state index in [2.05, 4.69) is 36.1 Å². The summed E-state index contributed by atoms with van der Waals surface area (Å²) in [7, 11) is 0. The molecule has 0 bridgehead atoms. The lowest BCUT2D eigenvalue weighted by molar-refractivity contribution is 0.126. The third-order valence-corrected chi connectivity index (χ3v) is 3.54. The highest BCUT2D eigenvalue weighted by Crippen LogP contribution is 2.18. The number of hydrogen-bond donors (Lipinski definition) is 1. The molecule has 0 amide bonds. The van der Waals surface area contributed by atoms with Gasteiger partial charge in [0.1, 0.15) is 0 Å². The van der Waals surface area contributed by atoms with E-state index in [-0.39, 0.29) is 0 Å². The van der Waals surface area contributed by atoms with Gasteiger partial charge < -0.3 is 5.11 Å². The van der Waals surface area contributed by atoms with Gasteiger partial charge in [0.25, 0.3) is 0 Å². The number of aromatic nitrogens is 2. The standard InChI is InChI=1S/C13H23N3O/c1-11(2)16-8-5-13(14-16)9-15-6-3-12(10-17)4-7-15/h5,8,11-12,17H,3-4,6-7,9-10H2,1-2H3. The summed E-state index contributed by atoms with van der Waals surface area (Å²) in [5.41, 5.74) is 1.15. The van der Waals surface area contributed by atoms with Crippen LogP contribution in [-0.2, 0) is 6.54 Å². The first-order valence-corrected chi connectivity index (χ1v) is 6.56. The van der Waals surface area contributed by atoms with E-state index >= 15 is 0 Å². The molecule has 1 fully saturated rings. The highest BCUT2D eigenvalue weighted by molar-refractivity contribution is 4.99. The van der Waals surface area contributed by atoms with Gasteiger partial charge in [-0.2, -0.15) is 5.10 Å². The van der Waals surface area contributed by atoms with Crippen LogP contribution in [0.2, 0.25) is 0 Å². The number of nitrogens with zero attached hydrogens (tertiary/aromatic N) is 3.